The van der Waals surface area contributed by atoms with E-state index in [1.165, 1.54) is 5.57 Å². The fourth-order valence-corrected chi connectivity index (χ4v) is 1.69. The molecule has 1 N–H and O–H groups in total. The minimum atomic E-state index is -0.126. The Morgan fingerprint density at radius 2 is 2.14 bits per heavy atom. The molecule has 1 nitrogen and oxygen atoms in total. The van der Waals surface area contributed by atoms with E-state index >= 15 is 0 Å². The highest BCUT2D eigenvalue weighted by Gasteiger charge is 2.10. The van der Waals surface area contributed by atoms with E-state index < -0.39 is 0 Å². The van der Waals surface area contributed by atoms with Gasteiger partial charge in [-0.3, -0.25) is 0 Å². The summed E-state index contributed by atoms with van der Waals surface area (Å²) in [6.07, 6.45) is 1.92. The van der Waals surface area contributed by atoms with Crippen LogP contribution < -0.4 is 5.32 Å². The predicted molar refractivity (Wildman–Crippen MR) is 59.7 cm³/mol. The largest absolute Gasteiger partial charge is 0.309 e. The molecule has 0 bridgehead atoms. The summed E-state index contributed by atoms with van der Waals surface area (Å²) in [5.74, 6) is -0.126. The van der Waals surface area contributed by atoms with Crippen molar-refractivity contribution in [1.82, 2.24) is 5.32 Å². The smallest absolute Gasteiger partial charge is 0.134 e. The second kappa shape index (κ2) is 3.83. The number of benzene rings is 1. The Labute approximate surface area is 91.1 Å². The van der Waals surface area contributed by atoms with Crippen LogP contribution in [0.15, 0.2) is 22.2 Å². The summed E-state index contributed by atoms with van der Waals surface area (Å²) < 4.78 is 14.5. The van der Waals surface area contributed by atoms with Crippen LogP contribution in [0, 0.1) is 12.7 Å². The molecule has 0 unspecified atom stereocenters. The molecule has 1 fully saturated rings. The molecule has 1 heterocycles. The molecule has 0 radical (unpaired) electrons. The van der Waals surface area contributed by atoms with E-state index in [2.05, 4.69) is 21.2 Å². The van der Waals surface area contributed by atoms with E-state index in [4.69, 9.17) is 0 Å². The third-order valence-corrected chi connectivity index (χ3v) is 3.27. The molecule has 1 aromatic carbocycles. The van der Waals surface area contributed by atoms with Gasteiger partial charge in [-0.15, -0.1) is 0 Å². The first-order valence-electron chi connectivity index (χ1n) is 4.53. The van der Waals surface area contributed by atoms with Crippen molar-refractivity contribution in [3.8, 4) is 0 Å². The second-order valence-electron chi connectivity index (χ2n) is 3.48. The van der Waals surface area contributed by atoms with Gasteiger partial charge in [0.2, 0.25) is 0 Å². The zero-order chi connectivity index (χ0) is 10.1. The van der Waals surface area contributed by atoms with E-state index in [1.807, 2.05) is 12.1 Å². The number of hydrogen-bond acceptors (Lipinski definition) is 1. The van der Waals surface area contributed by atoms with Crippen molar-refractivity contribution in [2.75, 3.05) is 13.1 Å². The van der Waals surface area contributed by atoms with Crippen LogP contribution in [-0.4, -0.2) is 13.1 Å². The van der Waals surface area contributed by atoms with Crippen LogP contribution in [0.2, 0.25) is 0 Å². The van der Waals surface area contributed by atoms with Crippen LogP contribution in [0.5, 0.6) is 0 Å². The fraction of sp³-hybridized carbons (Fsp3) is 0.273. The maximum absolute atomic E-state index is 13.7. The summed E-state index contributed by atoms with van der Waals surface area (Å²) in [5.41, 5.74) is 2.61. The van der Waals surface area contributed by atoms with Gasteiger partial charge in [0.15, 0.2) is 0 Å². The summed E-state index contributed by atoms with van der Waals surface area (Å²) in [4.78, 5) is 0. The summed E-state index contributed by atoms with van der Waals surface area (Å²) in [6, 6.07) is 3.69. The third kappa shape index (κ3) is 1.74. The Morgan fingerprint density at radius 3 is 2.71 bits per heavy atom. The topological polar surface area (TPSA) is 12.0 Å². The van der Waals surface area contributed by atoms with E-state index in [1.54, 1.807) is 13.0 Å². The first-order valence-corrected chi connectivity index (χ1v) is 5.32. The zero-order valence-corrected chi connectivity index (χ0v) is 9.49. The van der Waals surface area contributed by atoms with Gasteiger partial charge >= 0.3 is 0 Å². The number of nitrogens with one attached hydrogen (secondary N) is 1. The second-order valence-corrected chi connectivity index (χ2v) is 4.34. The number of halogens is 2. The van der Waals surface area contributed by atoms with Crippen molar-refractivity contribution in [1.29, 1.82) is 0 Å². The lowest BCUT2D eigenvalue weighted by molar-refractivity contribution is 0.613. The summed E-state index contributed by atoms with van der Waals surface area (Å²) >= 11 is 3.30. The van der Waals surface area contributed by atoms with Crippen LogP contribution in [-0.2, 0) is 0 Å². The first-order chi connectivity index (χ1) is 6.68. The average molecular weight is 256 g/mol. The average Bonchev–Trinajstić information content (AvgIpc) is 2.10. The van der Waals surface area contributed by atoms with Crippen LogP contribution >= 0.6 is 15.9 Å². The van der Waals surface area contributed by atoms with Crippen LogP contribution in [0.3, 0.4) is 0 Å². The van der Waals surface area contributed by atoms with Crippen molar-refractivity contribution >= 4 is 22.0 Å². The molecule has 0 amide bonds. The molecule has 14 heavy (non-hydrogen) atoms. The molecule has 1 aliphatic heterocycles. The van der Waals surface area contributed by atoms with Crippen molar-refractivity contribution in [2.24, 2.45) is 0 Å². The summed E-state index contributed by atoms with van der Waals surface area (Å²) in [5, 5.41) is 3.13. The van der Waals surface area contributed by atoms with Gasteiger partial charge in [0.05, 0.1) is 0 Å². The molecule has 1 aliphatic rings. The molecule has 1 saturated heterocycles. The van der Waals surface area contributed by atoms with Crippen molar-refractivity contribution in [2.45, 2.75) is 6.92 Å². The molecular weight excluding hydrogens is 245 g/mol. The molecule has 2 rings (SSSR count). The Morgan fingerprint density at radius 1 is 1.43 bits per heavy atom. The molecule has 0 aliphatic carbocycles. The number of rotatable bonds is 1. The predicted octanol–water partition coefficient (Wildman–Crippen LogP) is 2.88. The molecular formula is C11H11BrFN. The highest BCUT2D eigenvalue weighted by atomic mass is 79.9. The highest BCUT2D eigenvalue weighted by Crippen LogP contribution is 2.23. The van der Waals surface area contributed by atoms with Crippen molar-refractivity contribution < 1.29 is 4.39 Å². The maximum Gasteiger partial charge on any atom is 0.134 e. The van der Waals surface area contributed by atoms with Gasteiger partial charge in [-0.25, -0.2) is 4.39 Å². The molecule has 0 aromatic heterocycles. The lowest BCUT2D eigenvalue weighted by Gasteiger charge is -2.18. The Kier molecular flexibility index (Phi) is 2.70. The lowest BCUT2D eigenvalue weighted by atomic mass is 10.0. The minimum absolute atomic E-state index is 0.126. The zero-order valence-electron chi connectivity index (χ0n) is 7.90. The van der Waals surface area contributed by atoms with Crippen LogP contribution in [0.25, 0.3) is 6.08 Å². The Bertz CT molecular complexity index is 393. The Hall–Kier alpha value is -0.670. The molecule has 74 valence electrons. The molecule has 0 atom stereocenters. The van der Waals surface area contributed by atoms with Crippen LogP contribution in [0.1, 0.15) is 11.1 Å². The normalized spacial score (nSPS) is 15.2. The molecule has 0 spiro atoms. The van der Waals surface area contributed by atoms with Gasteiger partial charge in [0.25, 0.3) is 0 Å². The summed E-state index contributed by atoms with van der Waals surface area (Å²) in [7, 11) is 0. The first kappa shape index (κ1) is 9.87. The SMILES string of the molecule is Cc1c(Br)ccc(C=C2CNC2)c1F. The number of hydrogen-bond donors (Lipinski definition) is 1. The third-order valence-electron chi connectivity index (χ3n) is 2.41. The summed E-state index contributed by atoms with van der Waals surface area (Å²) in [6.45, 7) is 3.55. The molecule has 1 aromatic rings. The van der Waals surface area contributed by atoms with E-state index in [0.29, 0.717) is 11.1 Å². The Balaban J connectivity index is 2.39. The van der Waals surface area contributed by atoms with E-state index in [9.17, 15) is 4.39 Å². The monoisotopic (exact) mass is 255 g/mol. The van der Waals surface area contributed by atoms with Gasteiger partial charge in [-0.05, 0) is 24.1 Å². The van der Waals surface area contributed by atoms with Gasteiger partial charge in [-0.2, -0.15) is 0 Å². The fourth-order valence-electron chi connectivity index (χ4n) is 1.39. The lowest BCUT2D eigenvalue weighted by Crippen LogP contribution is -2.33. The van der Waals surface area contributed by atoms with E-state index in [-0.39, 0.29) is 5.82 Å². The van der Waals surface area contributed by atoms with Crippen LogP contribution in [0.4, 0.5) is 4.39 Å². The van der Waals surface area contributed by atoms with Gasteiger partial charge in [0, 0.05) is 23.1 Å². The highest BCUT2D eigenvalue weighted by molar-refractivity contribution is 9.10. The molecule has 0 saturated carbocycles. The van der Waals surface area contributed by atoms with E-state index in [0.717, 1.165) is 17.6 Å². The van der Waals surface area contributed by atoms with Gasteiger partial charge < -0.3 is 5.32 Å². The van der Waals surface area contributed by atoms with Gasteiger partial charge in [0.1, 0.15) is 5.82 Å². The quantitative estimate of drug-likeness (QED) is 0.814. The standard InChI is InChI=1S/C11H11BrFN/c1-7-10(12)3-2-9(11(7)13)4-8-5-14-6-8/h2-4,14H,5-6H2,1H3. The van der Waals surface area contributed by atoms with Crippen molar-refractivity contribution in [3.05, 3.63) is 39.1 Å². The van der Waals surface area contributed by atoms with Crippen molar-refractivity contribution in [3.63, 3.8) is 0 Å². The maximum atomic E-state index is 13.7. The van der Waals surface area contributed by atoms with Gasteiger partial charge in [-0.1, -0.05) is 28.1 Å². The minimum Gasteiger partial charge on any atom is -0.309 e. The molecule has 3 heteroatoms.